The molecule has 0 aliphatic rings. The lowest BCUT2D eigenvalue weighted by atomic mass is 9.85. The lowest BCUT2D eigenvalue weighted by Crippen LogP contribution is -2.21. The fourth-order valence-corrected chi connectivity index (χ4v) is 2.49. The molecular weight excluding hydrogens is 276 g/mol. The van der Waals surface area contributed by atoms with Gasteiger partial charge in [0.25, 0.3) is 0 Å². The third kappa shape index (κ3) is 3.21. The molecule has 1 atom stereocenters. The fourth-order valence-electron chi connectivity index (χ4n) is 2.49. The number of hydrogen-bond acceptors (Lipinski definition) is 4. The summed E-state index contributed by atoms with van der Waals surface area (Å²) < 4.78 is 1.34. The molecule has 0 aliphatic heterocycles. The Kier molecular flexibility index (Phi) is 4.70. The van der Waals surface area contributed by atoms with Gasteiger partial charge in [-0.15, -0.1) is 0 Å². The molecular formula is C17H16N4O. The van der Waals surface area contributed by atoms with Gasteiger partial charge in [-0.3, -0.25) is 4.79 Å². The highest BCUT2D eigenvalue weighted by Gasteiger charge is 2.27. The average Bonchev–Trinajstić information content (AvgIpc) is 2.87. The maximum atomic E-state index is 12.5. The van der Waals surface area contributed by atoms with Crippen molar-refractivity contribution in [3.8, 4) is 12.1 Å². The minimum absolute atomic E-state index is 0.0672. The molecule has 2 aromatic rings. The molecule has 0 bridgehead atoms. The minimum atomic E-state index is -0.872. The second kappa shape index (κ2) is 6.69. The highest BCUT2D eigenvalue weighted by Crippen LogP contribution is 2.28. The molecule has 0 aliphatic carbocycles. The van der Waals surface area contributed by atoms with Crippen molar-refractivity contribution in [3.63, 3.8) is 0 Å². The first-order chi connectivity index (χ1) is 10.6. The van der Waals surface area contributed by atoms with Gasteiger partial charge in [0, 0.05) is 18.0 Å². The predicted molar refractivity (Wildman–Crippen MR) is 80.8 cm³/mol. The van der Waals surface area contributed by atoms with Crippen LogP contribution in [0.4, 0.5) is 0 Å². The number of aromatic nitrogens is 2. The SMILES string of the molecule is Cc1cc(C)n(C(=O)CC(c2ccccc2)C(C#N)C#N)n1. The highest BCUT2D eigenvalue weighted by atomic mass is 16.2. The lowest BCUT2D eigenvalue weighted by Gasteiger charge is -2.17. The summed E-state index contributed by atoms with van der Waals surface area (Å²) in [6.45, 7) is 3.63. The predicted octanol–water partition coefficient (Wildman–Crippen LogP) is 2.98. The first kappa shape index (κ1) is 15.5. The van der Waals surface area contributed by atoms with Crippen LogP contribution < -0.4 is 0 Å². The Labute approximate surface area is 129 Å². The molecule has 1 aromatic carbocycles. The number of carbonyl (C=O) groups excluding carboxylic acids is 1. The third-order valence-corrected chi connectivity index (χ3v) is 3.55. The van der Waals surface area contributed by atoms with Crippen LogP contribution in [0.5, 0.6) is 0 Å². The standard InChI is InChI=1S/C17H16N4O/c1-12-8-13(2)21(20-12)17(22)9-16(15(10-18)11-19)14-6-4-3-5-7-14/h3-8,15-16H,9H2,1-2H3. The maximum absolute atomic E-state index is 12.5. The molecule has 5 heteroatoms. The van der Waals surface area contributed by atoms with E-state index in [2.05, 4.69) is 5.10 Å². The van der Waals surface area contributed by atoms with E-state index in [1.165, 1.54) is 4.68 Å². The van der Waals surface area contributed by atoms with Gasteiger partial charge in [0.1, 0.15) is 5.92 Å². The number of rotatable bonds is 4. The molecule has 0 fully saturated rings. The third-order valence-electron chi connectivity index (χ3n) is 3.55. The van der Waals surface area contributed by atoms with E-state index in [9.17, 15) is 15.3 Å². The normalized spacial score (nSPS) is 11.7. The van der Waals surface area contributed by atoms with Crippen LogP contribution in [0.1, 0.15) is 34.1 Å². The molecule has 0 N–H and O–H groups in total. The van der Waals surface area contributed by atoms with E-state index in [0.29, 0.717) is 0 Å². The molecule has 0 radical (unpaired) electrons. The average molecular weight is 292 g/mol. The zero-order chi connectivity index (χ0) is 16.1. The van der Waals surface area contributed by atoms with E-state index < -0.39 is 11.8 Å². The first-order valence-electron chi connectivity index (χ1n) is 6.97. The van der Waals surface area contributed by atoms with Crippen molar-refractivity contribution in [1.82, 2.24) is 9.78 Å². The van der Waals surface area contributed by atoms with Gasteiger partial charge < -0.3 is 0 Å². The summed E-state index contributed by atoms with van der Waals surface area (Å²) in [4.78, 5) is 12.5. The molecule has 0 amide bonds. The van der Waals surface area contributed by atoms with Gasteiger partial charge in [-0.2, -0.15) is 15.6 Å². The second-order valence-electron chi connectivity index (χ2n) is 5.19. The van der Waals surface area contributed by atoms with E-state index in [1.54, 1.807) is 0 Å². The quantitative estimate of drug-likeness (QED) is 0.867. The summed E-state index contributed by atoms with van der Waals surface area (Å²) in [5.74, 6) is -1.55. The molecule has 110 valence electrons. The Morgan fingerprint density at radius 2 is 1.86 bits per heavy atom. The number of aryl methyl sites for hydroxylation is 2. The van der Waals surface area contributed by atoms with Crippen LogP contribution in [-0.4, -0.2) is 15.7 Å². The van der Waals surface area contributed by atoms with Crippen LogP contribution in [-0.2, 0) is 0 Å². The van der Waals surface area contributed by atoms with Gasteiger partial charge in [0.05, 0.1) is 17.8 Å². The summed E-state index contributed by atoms with van der Waals surface area (Å²) in [7, 11) is 0. The number of nitrogens with zero attached hydrogens (tertiary/aromatic N) is 4. The maximum Gasteiger partial charge on any atom is 0.247 e. The Morgan fingerprint density at radius 1 is 1.23 bits per heavy atom. The number of nitriles is 2. The van der Waals surface area contributed by atoms with Crippen LogP contribution in [0.2, 0.25) is 0 Å². The van der Waals surface area contributed by atoms with Crippen molar-refractivity contribution < 1.29 is 4.79 Å². The molecule has 5 nitrogen and oxygen atoms in total. The van der Waals surface area contributed by atoms with Crippen LogP contribution in [0, 0.1) is 42.4 Å². The lowest BCUT2D eigenvalue weighted by molar-refractivity contribution is 0.0871. The topological polar surface area (TPSA) is 82.5 Å². The zero-order valence-electron chi connectivity index (χ0n) is 12.5. The number of hydrogen-bond donors (Lipinski definition) is 0. The smallest absolute Gasteiger partial charge is 0.247 e. The van der Waals surface area contributed by atoms with Crippen LogP contribution in [0.15, 0.2) is 36.4 Å². The molecule has 2 rings (SSSR count). The minimum Gasteiger partial charge on any atom is -0.273 e. The number of carbonyl (C=O) groups is 1. The van der Waals surface area contributed by atoms with E-state index in [0.717, 1.165) is 17.0 Å². The summed E-state index contributed by atoms with van der Waals surface area (Å²) in [5, 5.41) is 22.6. The van der Waals surface area contributed by atoms with Crippen LogP contribution in [0.3, 0.4) is 0 Å². The summed E-state index contributed by atoms with van der Waals surface area (Å²) in [6.07, 6.45) is 0.0672. The Morgan fingerprint density at radius 3 is 2.36 bits per heavy atom. The fraction of sp³-hybridized carbons (Fsp3) is 0.294. The van der Waals surface area contributed by atoms with E-state index >= 15 is 0 Å². The van der Waals surface area contributed by atoms with Crippen molar-refractivity contribution in [2.24, 2.45) is 5.92 Å². The van der Waals surface area contributed by atoms with Gasteiger partial charge in [-0.1, -0.05) is 30.3 Å². The van der Waals surface area contributed by atoms with Crippen molar-refractivity contribution in [2.75, 3.05) is 0 Å². The van der Waals surface area contributed by atoms with Crippen molar-refractivity contribution in [2.45, 2.75) is 26.2 Å². The Bertz CT molecular complexity index is 735. The molecule has 0 saturated carbocycles. The van der Waals surface area contributed by atoms with Gasteiger partial charge in [-0.25, -0.2) is 4.68 Å². The monoisotopic (exact) mass is 292 g/mol. The van der Waals surface area contributed by atoms with E-state index in [-0.39, 0.29) is 12.3 Å². The van der Waals surface area contributed by atoms with Crippen LogP contribution >= 0.6 is 0 Å². The van der Waals surface area contributed by atoms with Gasteiger partial charge in [-0.05, 0) is 25.5 Å². The molecule has 0 spiro atoms. The van der Waals surface area contributed by atoms with E-state index in [1.807, 2.05) is 62.4 Å². The molecule has 22 heavy (non-hydrogen) atoms. The van der Waals surface area contributed by atoms with Gasteiger partial charge in [0.2, 0.25) is 5.91 Å². The Hall–Kier alpha value is -2.92. The summed E-state index contributed by atoms with van der Waals surface area (Å²) in [5.41, 5.74) is 2.32. The summed E-state index contributed by atoms with van der Waals surface area (Å²) >= 11 is 0. The largest absolute Gasteiger partial charge is 0.273 e. The second-order valence-corrected chi connectivity index (χ2v) is 5.19. The highest BCUT2D eigenvalue weighted by molar-refractivity contribution is 5.79. The Balaban J connectivity index is 2.32. The van der Waals surface area contributed by atoms with E-state index in [4.69, 9.17) is 0 Å². The van der Waals surface area contributed by atoms with Crippen LogP contribution in [0.25, 0.3) is 0 Å². The zero-order valence-corrected chi connectivity index (χ0v) is 12.5. The van der Waals surface area contributed by atoms with Gasteiger partial charge >= 0.3 is 0 Å². The molecule has 1 heterocycles. The van der Waals surface area contributed by atoms with Crippen molar-refractivity contribution in [3.05, 3.63) is 53.3 Å². The van der Waals surface area contributed by atoms with Crippen molar-refractivity contribution >= 4 is 5.91 Å². The van der Waals surface area contributed by atoms with Crippen molar-refractivity contribution in [1.29, 1.82) is 10.5 Å². The first-order valence-corrected chi connectivity index (χ1v) is 6.97. The number of benzene rings is 1. The molecule has 1 aromatic heterocycles. The summed E-state index contributed by atoms with van der Waals surface area (Å²) in [6, 6.07) is 15.0. The van der Waals surface area contributed by atoms with Gasteiger partial charge in [0.15, 0.2) is 0 Å². The molecule has 0 saturated heterocycles. The molecule has 1 unspecified atom stereocenters.